The van der Waals surface area contributed by atoms with Gasteiger partial charge in [0.15, 0.2) is 5.13 Å². The van der Waals surface area contributed by atoms with E-state index in [1.165, 1.54) is 5.56 Å². The van der Waals surface area contributed by atoms with Crippen LogP contribution in [0.3, 0.4) is 0 Å². The number of hydrogen-bond acceptors (Lipinski definition) is 7. The lowest BCUT2D eigenvalue weighted by Gasteiger charge is -2.29. The summed E-state index contributed by atoms with van der Waals surface area (Å²) in [5, 5.41) is 0.791. The molecule has 1 amide bonds. The summed E-state index contributed by atoms with van der Waals surface area (Å²) in [6.45, 7) is 6.89. The number of ether oxygens (including phenoxy) is 1. The molecule has 1 aliphatic heterocycles. The molecule has 1 aliphatic rings. The van der Waals surface area contributed by atoms with Crippen molar-refractivity contribution < 1.29 is 9.53 Å². The normalized spacial score (nSPS) is 14.3. The summed E-state index contributed by atoms with van der Waals surface area (Å²) in [5.74, 6) is 0.501. The maximum absolute atomic E-state index is 13.3. The molecule has 0 spiro atoms. The van der Waals surface area contributed by atoms with E-state index in [0.717, 1.165) is 58.0 Å². The number of fused-ring (bicyclic) bond motifs is 1. The Morgan fingerprint density at radius 3 is 2.66 bits per heavy atom. The summed E-state index contributed by atoms with van der Waals surface area (Å²) in [5.41, 5.74) is 2.22. The fourth-order valence-corrected chi connectivity index (χ4v) is 5.88. The van der Waals surface area contributed by atoms with Gasteiger partial charge >= 0.3 is 0 Å². The molecular weight excluding hydrogens is 482 g/mol. The predicted octanol–water partition coefficient (Wildman–Crippen LogP) is 5.21. The summed E-state index contributed by atoms with van der Waals surface area (Å²) >= 11 is 4.88. The molecule has 0 aliphatic carbocycles. The van der Waals surface area contributed by atoms with E-state index in [1.54, 1.807) is 34.9 Å². The van der Waals surface area contributed by atoms with Gasteiger partial charge in [0.25, 0.3) is 0 Å². The van der Waals surface area contributed by atoms with Crippen molar-refractivity contribution in [3.05, 3.63) is 48.0 Å². The van der Waals surface area contributed by atoms with Crippen LogP contribution < -0.4 is 4.90 Å². The molecule has 0 radical (unpaired) electrons. The Labute approximate surface area is 208 Å². The maximum Gasteiger partial charge on any atom is 0.239 e. The first-order valence-corrected chi connectivity index (χ1v) is 13.4. The molecule has 32 heavy (non-hydrogen) atoms. The Morgan fingerprint density at radius 2 is 1.94 bits per heavy atom. The van der Waals surface area contributed by atoms with Crippen molar-refractivity contribution in [2.24, 2.45) is 0 Å². The molecule has 1 saturated heterocycles. The van der Waals surface area contributed by atoms with E-state index < -0.39 is 0 Å². The molecule has 2 heterocycles. The second-order valence-corrected chi connectivity index (χ2v) is 10.3. The van der Waals surface area contributed by atoms with Crippen LogP contribution in [0.15, 0.2) is 52.3 Å². The minimum absolute atomic E-state index is 0. The average Bonchev–Trinajstić information content (AvgIpc) is 3.23. The van der Waals surface area contributed by atoms with Crippen LogP contribution in [0.4, 0.5) is 5.13 Å². The smallest absolute Gasteiger partial charge is 0.239 e. The van der Waals surface area contributed by atoms with Crippen molar-refractivity contribution in [2.45, 2.75) is 16.7 Å². The van der Waals surface area contributed by atoms with Crippen LogP contribution >= 0.6 is 47.3 Å². The molecule has 0 bridgehead atoms. The second kappa shape index (κ2) is 12.3. The fraction of sp³-hybridized carbons (Fsp3) is 0.391. The molecule has 172 valence electrons. The van der Waals surface area contributed by atoms with Gasteiger partial charge < -0.3 is 4.74 Å². The number of amides is 1. The van der Waals surface area contributed by atoms with Crippen LogP contribution in [0.25, 0.3) is 10.2 Å². The topological polar surface area (TPSA) is 45.7 Å². The number of halogens is 1. The number of benzene rings is 2. The molecule has 0 unspecified atom stereocenters. The largest absolute Gasteiger partial charge is 0.379 e. The number of thioether (sulfide) groups is 2. The van der Waals surface area contributed by atoms with E-state index in [0.29, 0.717) is 12.3 Å². The Bertz CT molecular complexity index is 1020. The second-order valence-electron chi connectivity index (χ2n) is 7.40. The van der Waals surface area contributed by atoms with E-state index in [2.05, 4.69) is 60.5 Å². The van der Waals surface area contributed by atoms with Gasteiger partial charge in [-0.2, -0.15) is 0 Å². The number of thiazole rings is 1. The van der Waals surface area contributed by atoms with Crippen molar-refractivity contribution in [2.75, 3.05) is 56.3 Å². The third-order valence-corrected chi connectivity index (χ3v) is 8.06. The van der Waals surface area contributed by atoms with Gasteiger partial charge in [-0.15, -0.1) is 35.9 Å². The van der Waals surface area contributed by atoms with Crippen LogP contribution in [0.2, 0.25) is 0 Å². The number of aromatic nitrogens is 1. The molecule has 9 heteroatoms. The van der Waals surface area contributed by atoms with Gasteiger partial charge in [-0.05, 0) is 37.4 Å². The molecule has 0 saturated carbocycles. The molecule has 1 aromatic heterocycles. The van der Waals surface area contributed by atoms with Crippen LogP contribution in [0.5, 0.6) is 0 Å². The summed E-state index contributed by atoms with van der Waals surface area (Å²) in [4.78, 5) is 24.7. The van der Waals surface area contributed by atoms with E-state index in [4.69, 9.17) is 9.72 Å². The highest BCUT2D eigenvalue weighted by atomic mass is 35.5. The monoisotopic (exact) mass is 509 g/mol. The summed E-state index contributed by atoms with van der Waals surface area (Å²) in [7, 11) is 0. The van der Waals surface area contributed by atoms with Gasteiger partial charge in [0.1, 0.15) is 0 Å². The molecule has 5 nitrogen and oxygen atoms in total. The maximum atomic E-state index is 13.3. The summed E-state index contributed by atoms with van der Waals surface area (Å²) in [6, 6.07) is 14.6. The quantitative estimate of drug-likeness (QED) is 0.389. The number of carbonyl (C=O) groups is 1. The van der Waals surface area contributed by atoms with E-state index in [9.17, 15) is 4.79 Å². The summed E-state index contributed by atoms with van der Waals surface area (Å²) < 4.78 is 6.58. The Morgan fingerprint density at radius 1 is 1.19 bits per heavy atom. The van der Waals surface area contributed by atoms with Crippen molar-refractivity contribution in [1.82, 2.24) is 9.88 Å². The zero-order valence-corrected chi connectivity index (χ0v) is 21.5. The first-order valence-electron chi connectivity index (χ1n) is 10.4. The zero-order valence-electron chi connectivity index (χ0n) is 18.3. The number of morpholine rings is 1. The zero-order chi connectivity index (χ0) is 21.6. The van der Waals surface area contributed by atoms with Gasteiger partial charge in [-0.1, -0.05) is 35.1 Å². The van der Waals surface area contributed by atoms with Crippen molar-refractivity contribution in [1.29, 1.82) is 0 Å². The van der Waals surface area contributed by atoms with Crippen LogP contribution in [-0.4, -0.2) is 67.2 Å². The van der Waals surface area contributed by atoms with Crippen LogP contribution in [0, 0.1) is 6.92 Å². The number of rotatable bonds is 8. The first-order chi connectivity index (χ1) is 15.1. The van der Waals surface area contributed by atoms with E-state index >= 15 is 0 Å². The predicted molar refractivity (Wildman–Crippen MR) is 140 cm³/mol. The summed E-state index contributed by atoms with van der Waals surface area (Å²) in [6.07, 6.45) is 2.06. The molecule has 0 atom stereocenters. The Hall–Kier alpha value is -1.29. The number of carbonyl (C=O) groups excluding carboxylic acids is 1. The number of aryl methyl sites for hydroxylation is 1. The lowest BCUT2D eigenvalue weighted by atomic mass is 10.2. The highest BCUT2D eigenvalue weighted by molar-refractivity contribution is 8.00. The van der Waals surface area contributed by atoms with Crippen molar-refractivity contribution >= 4 is 68.5 Å². The minimum Gasteiger partial charge on any atom is -0.379 e. The molecule has 1 fully saturated rings. The molecule has 2 aromatic carbocycles. The van der Waals surface area contributed by atoms with Gasteiger partial charge in [0, 0.05) is 36.0 Å². The average molecular weight is 510 g/mol. The number of hydrogen-bond donors (Lipinski definition) is 0. The van der Waals surface area contributed by atoms with Crippen LogP contribution in [0.1, 0.15) is 5.56 Å². The van der Waals surface area contributed by atoms with Crippen molar-refractivity contribution in [3.8, 4) is 0 Å². The van der Waals surface area contributed by atoms with Crippen molar-refractivity contribution in [3.63, 3.8) is 0 Å². The fourth-order valence-electron chi connectivity index (χ4n) is 3.44. The lowest BCUT2D eigenvalue weighted by molar-refractivity contribution is -0.116. The van der Waals surface area contributed by atoms with Gasteiger partial charge in [-0.25, -0.2) is 4.98 Å². The SMILES string of the molecule is CSc1cccc2sc(N(CCN3CCOCC3)C(=O)CSc3ccc(C)cc3)nc12.Cl. The third kappa shape index (κ3) is 6.40. The number of nitrogens with zero attached hydrogens (tertiary/aromatic N) is 3. The number of para-hydroxylation sites is 1. The van der Waals surface area contributed by atoms with Gasteiger partial charge in [0.05, 0.1) is 29.2 Å². The first kappa shape index (κ1) is 25.3. The standard InChI is InChI=1S/C23H27N3O2S3.ClH/c1-17-6-8-18(9-7-17)30-16-21(27)26(11-10-25-12-14-28-15-13-25)23-24-22-19(29-2)4-3-5-20(22)31-23;/h3-9H,10-16H2,1-2H3;1H. The Balaban J connectivity index is 0.00000289. The lowest BCUT2D eigenvalue weighted by Crippen LogP contribution is -2.43. The van der Waals surface area contributed by atoms with E-state index in [1.807, 2.05) is 4.90 Å². The highest BCUT2D eigenvalue weighted by Gasteiger charge is 2.22. The highest BCUT2D eigenvalue weighted by Crippen LogP contribution is 2.34. The van der Waals surface area contributed by atoms with E-state index in [-0.39, 0.29) is 18.3 Å². The van der Waals surface area contributed by atoms with Gasteiger partial charge in [-0.3, -0.25) is 14.6 Å². The molecule has 0 N–H and O–H groups in total. The molecule has 3 aromatic rings. The minimum atomic E-state index is 0. The van der Waals surface area contributed by atoms with Gasteiger partial charge in [0.2, 0.25) is 5.91 Å². The van der Waals surface area contributed by atoms with Crippen LogP contribution in [-0.2, 0) is 9.53 Å². The molecule has 4 rings (SSSR count). The molecular formula is C23H28ClN3O2S3. The third-order valence-electron chi connectivity index (χ3n) is 5.25. The Kier molecular flexibility index (Phi) is 9.70. The number of anilines is 1.